The third-order valence-electron chi connectivity index (χ3n) is 5.82. The third-order valence-corrected chi connectivity index (χ3v) is 5.82. The van der Waals surface area contributed by atoms with Crippen LogP contribution in [-0.4, -0.2) is 54.1 Å². The van der Waals surface area contributed by atoms with Crippen LogP contribution in [0.1, 0.15) is 47.8 Å². The van der Waals surface area contributed by atoms with Gasteiger partial charge in [0.25, 0.3) is 0 Å². The molecule has 2 N–H and O–H groups in total. The van der Waals surface area contributed by atoms with Crippen molar-refractivity contribution in [1.82, 2.24) is 0 Å². The van der Waals surface area contributed by atoms with Gasteiger partial charge in [-0.05, 0) is 54.5 Å². The molecule has 0 saturated carbocycles. The molecule has 6 nitrogen and oxygen atoms in total. The van der Waals surface area contributed by atoms with Gasteiger partial charge in [-0.1, -0.05) is 49.4 Å². The van der Waals surface area contributed by atoms with Crippen molar-refractivity contribution in [2.45, 2.75) is 64.2 Å². The minimum Gasteiger partial charge on any atom is -0.435 e. The second kappa shape index (κ2) is 10.9. The van der Waals surface area contributed by atoms with Crippen molar-refractivity contribution >= 4 is 6.16 Å². The smallest absolute Gasteiger partial charge is 0.435 e. The quantitative estimate of drug-likeness (QED) is 0.629. The van der Waals surface area contributed by atoms with E-state index in [0.717, 1.165) is 23.1 Å². The summed E-state index contributed by atoms with van der Waals surface area (Å²) in [7, 11) is 0. The fraction of sp³-hybridized carbons (Fsp3) is 0.480. The fourth-order valence-corrected chi connectivity index (χ4v) is 3.82. The number of hydrogen-bond donors (Lipinski definition) is 2. The van der Waals surface area contributed by atoms with Gasteiger partial charge in [-0.3, -0.25) is 0 Å². The van der Waals surface area contributed by atoms with Gasteiger partial charge >= 0.3 is 6.16 Å². The number of carbonyl (C=O) groups excluding carboxylic acids is 1. The molecule has 2 aromatic carbocycles. The highest BCUT2D eigenvalue weighted by molar-refractivity contribution is 5.59. The van der Waals surface area contributed by atoms with E-state index in [1.807, 2.05) is 19.1 Å². The highest BCUT2D eigenvalue weighted by Gasteiger charge is 2.46. The molecule has 0 radical (unpaired) electrons. The lowest BCUT2D eigenvalue weighted by molar-refractivity contribution is -0.215. The van der Waals surface area contributed by atoms with Crippen LogP contribution in [0.3, 0.4) is 0 Å². The van der Waals surface area contributed by atoms with Crippen molar-refractivity contribution in [3.05, 3.63) is 70.3 Å². The monoisotopic (exact) mass is 446 g/mol. The van der Waals surface area contributed by atoms with Gasteiger partial charge in [-0.2, -0.15) is 0 Å². The molecule has 0 amide bonds. The standard InChI is InChI=1S/C25H31FO6/c1-4-16-7-9-17(10-8-16)12-19-13-18(11-6-15(19)3)24-23(28)22(27)21(26)20(32-24)14-31-25(29)30-5-2/h6-11,13,20-24,27-28H,4-5,12,14H2,1-3H3. The zero-order chi connectivity index (χ0) is 23.3. The van der Waals surface area contributed by atoms with Gasteiger partial charge in [0, 0.05) is 0 Å². The SMILES string of the molecule is CCOC(=O)OCC1OC(c2ccc(C)c(Cc3ccc(CC)cc3)c2)C(O)C(O)C1F. The van der Waals surface area contributed by atoms with Crippen LogP contribution in [0.2, 0.25) is 0 Å². The minimum absolute atomic E-state index is 0.126. The third kappa shape index (κ3) is 5.65. The Hall–Kier alpha value is -2.48. The largest absolute Gasteiger partial charge is 0.508 e. The van der Waals surface area contributed by atoms with Crippen molar-refractivity contribution in [2.75, 3.05) is 13.2 Å². The predicted molar refractivity (Wildman–Crippen MR) is 117 cm³/mol. The Labute approximate surface area is 187 Å². The lowest BCUT2D eigenvalue weighted by atomic mass is 9.89. The van der Waals surface area contributed by atoms with Crippen molar-refractivity contribution in [3.8, 4) is 0 Å². The number of aryl methyl sites for hydroxylation is 2. The van der Waals surface area contributed by atoms with Crippen molar-refractivity contribution in [1.29, 1.82) is 0 Å². The Morgan fingerprint density at radius 2 is 1.72 bits per heavy atom. The molecule has 0 aromatic heterocycles. The van der Waals surface area contributed by atoms with Crippen LogP contribution < -0.4 is 0 Å². The van der Waals surface area contributed by atoms with Gasteiger partial charge < -0.3 is 24.4 Å². The van der Waals surface area contributed by atoms with Gasteiger partial charge in [0.2, 0.25) is 0 Å². The van der Waals surface area contributed by atoms with E-state index in [-0.39, 0.29) is 6.61 Å². The first kappa shape index (κ1) is 24.2. The Bertz CT molecular complexity index is 900. The van der Waals surface area contributed by atoms with Gasteiger partial charge in [-0.25, -0.2) is 9.18 Å². The van der Waals surface area contributed by atoms with E-state index in [1.54, 1.807) is 13.0 Å². The molecular weight excluding hydrogens is 415 g/mol. The summed E-state index contributed by atoms with van der Waals surface area (Å²) in [6, 6.07) is 14.0. The van der Waals surface area contributed by atoms with Gasteiger partial charge in [0.1, 0.15) is 31.0 Å². The van der Waals surface area contributed by atoms with Crippen LogP contribution in [0.15, 0.2) is 42.5 Å². The predicted octanol–water partition coefficient (Wildman–Crippen LogP) is 3.82. The molecule has 7 heteroatoms. The van der Waals surface area contributed by atoms with E-state index in [4.69, 9.17) is 9.47 Å². The van der Waals surface area contributed by atoms with Crippen LogP contribution >= 0.6 is 0 Å². The summed E-state index contributed by atoms with van der Waals surface area (Å²) in [6.07, 6.45) is -6.49. The lowest BCUT2D eigenvalue weighted by Crippen LogP contribution is -2.53. The van der Waals surface area contributed by atoms with E-state index in [0.29, 0.717) is 12.0 Å². The Kier molecular flexibility index (Phi) is 8.23. The van der Waals surface area contributed by atoms with E-state index in [1.165, 1.54) is 5.56 Å². The van der Waals surface area contributed by atoms with E-state index in [2.05, 4.69) is 35.9 Å². The molecule has 0 aliphatic carbocycles. The second-order valence-electron chi connectivity index (χ2n) is 8.05. The molecule has 32 heavy (non-hydrogen) atoms. The topological polar surface area (TPSA) is 85.2 Å². The summed E-state index contributed by atoms with van der Waals surface area (Å²) in [4.78, 5) is 11.5. The summed E-state index contributed by atoms with van der Waals surface area (Å²) in [5.74, 6) is 0. The average molecular weight is 447 g/mol. The summed E-state index contributed by atoms with van der Waals surface area (Å²) in [6.45, 7) is 5.43. The number of ether oxygens (including phenoxy) is 3. The first-order valence-corrected chi connectivity index (χ1v) is 11.0. The van der Waals surface area contributed by atoms with Crippen LogP contribution in [-0.2, 0) is 27.1 Å². The number of benzene rings is 2. The van der Waals surface area contributed by atoms with E-state index < -0.39 is 43.3 Å². The Morgan fingerprint density at radius 3 is 2.38 bits per heavy atom. The zero-order valence-corrected chi connectivity index (χ0v) is 18.7. The molecule has 1 fully saturated rings. The number of aliphatic hydroxyl groups is 2. The van der Waals surface area contributed by atoms with Crippen molar-refractivity contribution in [2.24, 2.45) is 0 Å². The molecule has 1 saturated heterocycles. The maximum Gasteiger partial charge on any atom is 0.508 e. The zero-order valence-electron chi connectivity index (χ0n) is 18.7. The molecule has 5 unspecified atom stereocenters. The molecule has 174 valence electrons. The molecule has 5 atom stereocenters. The summed E-state index contributed by atoms with van der Waals surface area (Å²) in [5.41, 5.74) is 5.15. The minimum atomic E-state index is -1.90. The maximum absolute atomic E-state index is 14.5. The number of hydrogen-bond acceptors (Lipinski definition) is 6. The van der Waals surface area contributed by atoms with Gasteiger partial charge in [0.15, 0.2) is 6.17 Å². The van der Waals surface area contributed by atoms with Crippen LogP contribution in [0.5, 0.6) is 0 Å². The molecule has 3 rings (SSSR count). The summed E-state index contributed by atoms with van der Waals surface area (Å²) >= 11 is 0. The highest BCUT2D eigenvalue weighted by Crippen LogP contribution is 2.35. The number of rotatable bonds is 7. The van der Waals surface area contributed by atoms with Crippen LogP contribution in [0.25, 0.3) is 0 Å². The number of alkyl halides is 1. The first-order chi connectivity index (χ1) is 15.3. The van der Waals surface area contributed by atoms with Crippen molar-refractivity contribution < 1.29 is 33.6 Å². The Morgan fingerprint density at radius 1 is 1.03 bits per heavy atom. The van der Waals surface area contributed by atoms with Crippen LogP contribution in [0, 0.1) is 6.92 Å². The molecular formula is C25H31FO6. The Balaban J connectivity index is 1.78. The van der Waals surface area contributed by atoms with Gasteiger partial charge in [0.05, 0.1) is 6.61 Å². The summed E-state index contributed by atoms with van der Waals surface area (Å²) < 4.78 is 29.9. The molecule has 0 bridgehead atoms. The van der Waals surface area contributed by atoms with E-state index in [9.17, 15) is 19.4 Å². The number of halogens is 1. The first-order valence-electron chi connectivity index (χ1n) is 11.0. The van der Waals surface area contributed by atoms with E-state index >= 15 is 0 Å². The van der Waals surface area contributed by atoms with Gasteiger partial charge in [-0.15, -0.1) is 0 Å². The molecule has 1 aliphatic rings. The average Bonchev–Trinajstić information content (AvgIpc) is 2.79. The number of carbonyl (C=O) groups is 1. The second-order valence-corrected chi connectivity index (χ2v) is 8.05. The lowest BCUT2D eigenvalue weighted by Gasteiger charge is -2.39. The van der Waals surface area contributed by atoms with Crippen molar-refractivity contribution in [3.63, 3.8) is 0 Å². The number of aliphatic hydroxyl groups excluding tert-OH is 2. The molecule has 1 heterocycles. The van der Waals surface area contributed by atoms with Crippen LogP contribution in [0.4, 0.5) is 9.18 Å². The summed E-state index contributed by atoms with van der Waals surface area (Å²) in [5, 5.41) is 20.7. The molecule has 2 aromatic rings. The molecule has 0 spiro atoms. The fourth-order valence-electron chi connectivity index (χ4n) is 3.82. The molecule has 1 aliphatic heterocycles. The normalized spacial score (nSPS) is 25.4. The maximum atomic E-state index is 14.5. The highest BCUT2D eigenvalue weighted by atomic mass is 19.1.